The van der Waals surface area contributed by atoms with Gasteiger partial charge >= 0.3 is 12.0 Å². The summed E-state index contributed by atoms with van der Waals surface area (Å²) in [6.07, 6.45) is 4.46. The number of amides is 3. The van der Waals surface area contributed by atoms with E-state index in [1.165, 1.54) is 35.1 Å². The lowest BCUT2D eigenvalue weighted by molar-refractivity contribution is -0.127. The normalized spacial score (nSPS) is 15.2. The van der Waals surface area contributed by atoms with Crippen molar-refractivity contribution < 1.29 is 19.1 Å². The topological polar surface area (TPSA) is 84.5 Å². The molecule has 1 aliphatic rings. The number of carbonyl (C=O) groups excluding carboxylic acids is 3. The lowest BCUT2D eigenvalue weighted by Gasteiger charge is -2.13. The summed E-state index contributed by atoms with van der Waals surface area (Å²) in [5, 5.41) is 4.71. The van der Waals surface area contributed by atoms with Gasteiger partial charge in [-0.05, 0) is 58.1 Å². The van der Waals surface area contributed by atoms with Crippen LogP contribution in [0.3, 0.4) is 0 Å². The van der Waals surface area contributed by atoms with E-state index in [0.29, 0.717) is 4.88 Å². The number of hydrogen-bond acceptors (Lipinski definition) is 5. The molecule has 2 rings (SSSR count). The molecule has 0 bridgehead atoms. The number of nitrogens with one attached hydrogen (secondary N) is 2. The number of aryl methyl sites for hydroxylation is 2. The smallest absolute Gasteiger partial charge is 0.349 e. The number of hydrogen-bond donors (Lipinski definition) is 2. The van der Waals surface area contributed by atoms with Crippen LogP contribution in [0.4, 0.5) is 4.79 Å². The molecule has 0 unspecified atom stereocenters. The van der Waals surface area contributed by atoms with E-state index in [0.717, 1.165) is 25.7 Å². The van der Waals surface area contributed by atoms with Crippen molar-refractivity contribution in [3.8, 4) is 0 Å². The SMILES string of the molecule is CC(C)NC(=O)NC(=O)[C@@H](C)OC(=O)c1cc2c(s1)CCCCC2. The summed E-state index contributed by atoms with van der Waals surface area (Å²) in [5.41, 5.74) is 1.22. The van der Waals surface area contributed by atoms with Gasteiger partial charge in [0.2, 0.25) is 0 Å². The monoisotopic (exact) mass is 352 g/mol. The van der Waals surface area contributed by atoms with E-state index in [1.54, 1.807) is 13.8 Å². The van der Waals surface area contributed by atoms with Crippen molar-refractivity contribution in [2.75, 3.05) is 0 Å². The van der Waals surface area contributed by atoms with Crippen molar-refractivity contribution in [2.45, 2.75) is 65.0 Å². The van der Waals surface area contributed by atoms with Gasteiger partial charge in [-0.25, -0.2) is 9.59 Å². The second-order valence-corrected chi connectivity index (χ2v) is 7.42. The van der Waals surface area contributed by atoms with Gasteiger partial charge in [0.1, 0.15) is 4.88 Å². The molecule has 0 fully saturated rings. The van der Waals surface area contributed by atoms with Crippen molar-refractivity contribution in [3.05, 3.63) is 21.4 Å². The Morgan fingerprint density at radius 1 is 1.12 bits per heavy atom. The minimum absolute atomic E-state index is 0.0859. The molecule has 0 saturated carbocycles. The Morgan fingerprint density at radius 2 is 1.83 bits per heavy atom. The molecule has 6 nitrogen and oxygen atoms in total. The van der Waals surface area contributed by atoms with Crippen LogP contribution in [0.15, 0.2) is 6.07 Å². The van der Waals surface area contributed by atoms with E-state index in [-0.39, 0.29) is 6.04 Å². The third-order valence-corrected chi connectivity index (χ3v) is 4.97. The molecular weight excluding hydrogens is 328 g/mol. The van der Waals surface area contributed by atoms with Crippen LogP contribution < -0.4 is 10.6 Å². The Balaban J connectivity index is 1.91. The van der Waals surface area contributed by atoms with Crippen LogP contribution in [0.1, 0.15) is 60.1 Å². The van der Waals surface area contributed by atoms with Gasteiger partial charge in [-0.15, -0.1) is 11.3 Å². The van der Waals surface area contributed by atoms with E-state index >= 15 is 0 Å². The fourth-order valence-electron chi connectivity index (χ4n) is 2.55. The molecule has 0 aliphatic heterocycles. The molecule has 0 aromatic carbocycles. The average molecular weight is 352 g/mol. The molecule has 2 N–H and O–H groups in total. The van der Waals surface area contributed by atoms with Crippen LogP contribution in [-0.4, -0.2) is 30.1 Å². The van der Waals surface area contributed by atoms with Crippen LogP contribution in [0, 0.1) is 0 Å². The molecule has 0 radical (unpaired) electrons. The van der Waals surface area contributed by atoms with Crippen LogP contribution in [-0.2, 0) is 22.4 Å². The van der Waals surface area contributed by atoms with Crippen LogP contribution in [0.2, 0.25) is 0 Å². The molecule has 1 aromatic rings. The number of ether oxygens (including phenoxy) is 1. The summed E-state index contributed by atoms with van der Waals surface area (Å²) < 4.78 is 5.19. The third kappa shape index (κ3) is 5.06. The van der Waals surface area contributed by atoms with Crippen LogP contribution in [0.25, 0.3) is 0 Å². The quantitative estimate of drug-likeness (QED) is 0.645. The minimum atomic E-state index is -1.03. The zero-order chi connectivity index (χ0) is 17.7. The first-order valence-electron chi connectivity index (χ1n) is 8.30. The number of thiophene rings is 1. The van der Waals surface area contributed by atoms with Gasteiger partial charge in [-0.1, -0.05) is 6.42 Å². The molecule has 0 saturated heterocycles. The highest BCUT2D eigenvalue weighted by Crippen LogP contribution is 2.29. The predicted molar refractivity (Wildman–Crippen MR) is 92.3 cm³/mol. The molecule has 1 heterocycles. The number of urea groups is 1. The summed E-state index contributed by atoms with van der Waals surface area (Å²) in [6.45, 7) is 5.02. The van der Waals surface area contributed by atoms with Crippen molar-refractivity contribution in [2.24, 2.45) is 0 Å². The highest BCUT2D eigenvalue weighted by molar-refractivity contribution is 7.14. The average Bonchev–Trinajstić information content (AvgIpc) is 2.77. The maximum absolute atomic E-state index is 12.2. The first-order chi connectivity index (χ1) is 11.4. The zero-order valence-corrected chi connectivity index (χ0v) is 15.1. The second kappa shape index (κ2) is 8.28. The minimum Gasteiger partial charge on any atom is -0.448 e. The molecule has 1 atom stereocenters. The van der Waals surface area contributed by atoms with Gasteiger partial charge in [0.15, 0.2) is 6.10 Å². The molecule has 1 aromatic heterocycles. The van der Waals surface area contributed by atoms with Gasteiger partial charge in [-0.3, -0.25) is 10.1 Å². The van der Waals surface area contributed by atoms with E-state index in [4.69, 9.17) is 4.74 Å². The van der Waals surface area contributed by atoms with E-state index in [9.17, 15) is 14.4 Å². The summed E-state index contributed by atoms with van der Waals surface area (Å²) >= 11 is 1.45. The standard InChI is InChI=1S/C17H24N2O4S/c1-10(2)18-17(22)19-15(20)11(3)23-16(21)14-9-12-7-5-4-6-8-13(12)24-14/h9-11H,4-8H2,1-3H3,(H2,18,19,20,22)/t11-/m1/s1. The highest BCUT2D eigenvalue weighted by atomic mass is 32.1. The van der Waals surface area contributed by atoms with Crippen LogP contribution >= 0.6 is 11.3 Å². The Labute approximate surface area is 146 Å². The van der Waals surface area contributed by atoms with Crippen molar-refractivity contribution in [1.29, 1.82) is 0 Å². The fourth-order valence-corrected chi connectivity index (χ4v) is 3.69. The molecule has 7 heteroatoms. The lowest BCUT2D eigenvalue weighted by Crippen LogP contribution is -2.46. The predicted octanol–water partition coefficient (Wildman–Crippen LogP) is 2.80. The summed E-state index contributed by atoms with van der Waals surface area (Å²) in [7, 11) is 0. The van der Waals surface area contributed by atoms with E-state index in [2.05, 4.69) is 10.6 Å². The van der Waals surface area contributed by atoms with Gasteiger partial charge < -0.3 is 10.1 Å². The fraction of sp³-hybridized carbons (Fsp3) is 0.588. The van der Waals surface area contributed by atoms with Gasteiger partial charge in [0.25, 0.3) is 5.91 Å². The van der Waals surface area contributed by atoms with Gasteiger partial charge in [0.05, 0.1) is 0 Å². The molecule has 1 aliphatic carbocycles. The molecule has 132 valence electrons. The number of carbonyl (C=O) groups is 3. The Kier molecular flexibility index (Phi) is 6.36. The first kappa shape index (κ1) is 18.4. The zero-order valence-electron chi connectivity index (χ0n) is 14.3. The maximum Gasteiger partial charge on any atom is 0.349 e. The van der Waals surface area contributed by atoms with E-state index < -0.39 is 24.0 Å². The van der Waals surface area contributed by atoms with Crippen LogP contribution in [0.5, 0.6) is 0 Å². The van der Waals surface area contributed by atoms with E-state index in [1.807, 2.05) is 6.07 Å². The summed E-state index contributed by atoms with van der Waals surface area (Å²) in [4.78, 5) is 37.4. The molecule has 24 heavy (non-hydrogen) atoms. The molecule has 0 spiro atoms. The third-order valence-electron chi connectivity index (χ3n) is 3.76. The summed E-state index contributed by atoms with van der Waals surface area (Å²) in [5.74, 6) is -1.15. The highest BCUT2D eigenvalue weighted by Gasteiger charge is 2.23. The maximum atomic E-state index is 12.2. The largest absolute Gasteiger partial charge is 0.448 e. The Morgan fingerprint density at radius 3 is 2.54 bits per heavy atom. The number of rotatable bonds is 4. The Bertz CT molecular complexity index is 601. The van der Waals surface area contributed by atoms with Crippen molar-refractivity contribution in [3.63, 3.8) is 0 Å². The Hall–Kier alpha value is -1.89. The number of imide groups is 1. The van der Waals surface area contributed by atoms with Gasteiger partial charge in [0, 0.05) is 10.9 Å². The van der Waals surface area contributed by atoms with Crippen molar-refractivity contribution >= 4 is 29.2 Å². The lowest BCUT2D eigenvalue weighted by atomic mass is 10.1. The first-order valence-corrected chi connectivity index (χ1v) is 9.12. The summed E-state index contributed by atoms with van der Waals surface area (Å²) in [6, 6.07) is 1.20. The van der Waals surface area contributed by atoms with Gasteiger partial charge in [-0.2, -0.15) is 0 Å². The molecular formula is C17H24N2O4S. The number of fused-ring (bicyclic) bond motifs is 1. The second-order valence-electron chi connectivity index (χ2n) is 6.28. The number of esters is 1. The van der Waals surface area contributed by atoms with Crippen molar-refractivity contribution in [1.82, 2.24) is 10.6 Å². The molecule has 3 amide bonds.